The molecule has 0 radical (unpaired) electrons. The van der Waals surface area contributed by atoms with Gasteiger partial charge in [0.1, 0.15) is 0 Å². The minimum atomic E-state index is -0.345. The molecular weight excluding hydrogens is 382 g/mol. The molecule has 0 spiro atoms. The summed E-state index contributed by atoms with van der Waals surface area (Å²) in [4.78, 5) is 12.2. The lowest BCUT2D eigenvalue weighted by molar-refractivity contribution is -0.111. The van der Waals surface area contributed by atoms with Crippen LogP contribution in [0.1, 0.15) is 11.1 Å². The number of methoxy groups -OCH3 is 1. The molecule has 0 aliphatic rings. The highest BCUT2D eigenvalue weighted by molar-refractivity contribution is 6.02. The van der Waals surface area contributed by atoms with Crippen LogP contribution in [0.3, 0.4) is 0 Å². The number of amides is 1. The molecule has 0 unspecified atom stereocenters. The Balaban J connectivity index is 1.58. The molecule has 154 valence electrons. The Morgan fingerprint density at radius 2 is 1.77 bits per heavy atom. The zero-order valence-corrected chi connectivity index (χ0v) is 16.5. The number of carbonyl (C=O) groups excluding carboxylic acids is 1. The van der Waals surface area contributed by atoms with Gasteiger partial charge in [0.2, 0.25) is 5.91 Å². The van der Waals surface area contributed by atoms with Crippen LogP contribution in [0, 0.1) is 0 Å². The van der Waals surface area contributed by atoms with E-state index in [1.54, 1.807) is 31.4 Å². The average Bonchev–Trinajstić information content (AvgIpc) is 2.76. The Morgan fingerprint density at radius 3 is 2.50 bits per heavy atom. The van der Waals surface area contributed by atoms with Gasteiger partial charge in [-0.1, -0.05) is 36.4 Å². The fourth-order valence-corrected chi connectivity index (χ4v) is 2.79. The predicted molar refractivity (Wildman–Crippen MR) is 116 cm³/mol. The molecule has 1 amide bonds. The molecule has 3 aromatic rings. The minimum Gasteiger partial charge on any atom is -0.504 e. The van der Waals surface area contributed by atoms with E-state index in [1.165, 1.54) is 29.8 Å². The van der Waals surface area contributed by atoms with Gasteiger partial charge in [0.15, 0.2) is 23.0 Å². The first-order valence-corrected chi connectivity index (χ1v) is 9.41. The third kappa shape index (κ3) is 5.78. The van der Waals surface area contributed by atoms with Crippen LogP contribution in [0.15, 0.2) is 72.8 Å². The number of rotatable bonds is 8. The Kier molecular flexibility index (Phi) is 6.95. The lowest BCUT2D eigenvalue weighted by Gasteiger charge is -2.12. The zero-order valence-electron chi connectivity index (χ0n) is 16.5. The highest BCUT2D eigenvalue weighted by Gasteiger charge is 2.08. The van der Waals surface area contributed by atoms with E-state index in [1.807, 2.05) is 30.3 Å². The summed E-state index contributed by atoms with van der Waals surface area (Å²) in [6, 6.07) is 19.5. The van der Waals surface area contributed by atoms with Crippen molar-refractivity contribution in [1.29, 1.82) is 0 Å². The maximum atomic E-state index is 12.2. The number of phenols is 2. The van der Waals surface area contributed by atoms with Crippen molar-refractivity contribution in [1.82, 2.24) is 0 Å². The molecule has 0 saturated carbocycles. The van der Waals surface area contributed by atoms with Crippen molar-refractivity contribution < 1.29 is 24.5 Å². The molecule has 3 N–H and O–H groups in total. The number of aromatic hydroxyl groups is 2. The second-order valence-corrected chi connectivity index (χ2v) is 6.52. The second-order valence-electron chi connectivity index (χ2n) is 6.52. The van der Waals surface area contributed by atoms with Crippen molar-refractivity contribution in [2.45, 2.75) is 6.42 Å². The quantitative estimate of drug-likeness (QED) is 0.382. The number of benzene rings is 3. The fraction of sp³-hybridized carbons (Fsp3) is 0.125. The molecule has 0 fully saturated rings. The lowest BCUT2D eigenvalue weighted by atomic mass is 10.2. The Hall–Kier alpha value is -3.93. The Bertz CT molecular complexity index is 1030. The van der Waals surface area contributed by atoms with E-state index in [0.717, 1.165) is 6.42 Å². The maximum absolute atomic E-state index is 12.2. The zero-order chi connectivity index (χ0) is 21.3. The molecule has 30 heavy (non-hydrogen) atoms. The SMILES string of the molecule is COc1cc(NC(=O)/C=C/c2ccc(O)c(O)c2)ccc1OCCc1ccccc1. The molecule has 0 bridgehead atoms. The third-order valence-electron chi connectivity index (χ3n) is 4.35. The van der Waals surface area contributed by atoms with Crippen molar-refractivity contribution in [3.8, 4) is 23.0 Å². The van der Waals surface area contributed by atoms with Gasteiger partial charge in [0, 0.05) is 24.3 Å². The predicted octanol–water partition coefficient (Wildman–Crippen LogP) is 4.38. The van der Waals surface area contributed by atoms with Crippen molar-refractivity contribution >= 4 is 17.7 Å². The Morgan fingerprint density at radius 1 is 0.967 bits per heavy atom. The van der Waals surface area contributed by atoms with Gasteiger partial charge in [-0.25, -0.2) is 0 Å². The molecular formula is C24H23NO5. The van der Waals surface area contributed by atoms with Crippen LogP contribution in [0.4, 0.5) is 5.69 Å². The molecule has 0 atom stereocenters. The van der Waals surface area contributed by atoms with Gasteiger partial charge in [0.05, 0.1) is 13.7 Å². The summed E-state index contributed by atoms with van der Waals surface area (Å²) >= 11 is 0. The van der Waals surface area contributed by atoms with E-state index in [2.05, 4.69) is 5.32 Å². The number of anilines is 1. The molecule has 0 heterocycles. The summed E-state index contributed by atoms with van der Waals surface area (Å²) in [6.45, 7) is 0.508. The van der Waals surface area contributed by atoms with Gasteiger partial charge in [-0.05, 0) is 41.5 Å². The van der Waals surface area contributed by atoms with Gasteiger partial charge in [-0.3, -0.25) is 4.79 Å². The smallest absolute Gasteiger partial charge is 0.248 e. The Labute approximate surface area is 175 Å². The topological polar surface area (TPSA) is 88.0 Å². The molecule has 3 rings (SSSR count). The number of phenolic OH excluding ortho intramolecular Hbond substituents is 2. The van der Waals surface area contributed by atoms with Crippen LogP contribution in [-0.4, -0.2) is 29.8 Å². The van der Waals surface area contributed by atoms with Crippen LogP contribution in [0.2, 0.25) is 0 Å². The van der Waals surface area contributed by atoms with Crippen molar-refractivity contribution in [3.05, 3.63) is 83.9 Å². The van der Waals surface area contributed by atoms with Gasteiger partial charge in [-0.2, -0.15) is 0 Å². The standard InChI is InChI=1S/C24H23NO5/c1-29-23-16-19(9-11-22(23)30-14-13-17-5-3-2-4-6-17)25-24(28)12-8-18-7-10-20(26)21(27)15-18/h2-12,15-16,26-27H,13-14H2,1H3,(H,25,28)/b12-8+. The summed E-state index contributed by atoms with van der Waals surface area (Å²) in [6.07, 6.45) is 3.65. The van der Waals surface area contributed by atoms with E-state index in [9.17, 15) is 15.0 Å². The molecule has 3 aromatic carbocycles. The molecule has 0 saturated heterocycles. The molecule has 0 aliphatic carbocycles. The van der Waals surface area contributed by atoms with Gasteiger partial charge < -0.3 is 25.0 Å². The number of carbonyl (C=O) groups is 1. The number of hydrogen-bond acceptors (Lipinski definition) is 5. The number of nitrogens with one attached hydrogen (secondary N) is 1. The van der Waals surface area contributed by atoms with Crippen LogP contribution in [0.5, 0.6) is 23.0 Å². The van der Waals surface area contributed by atoms with Crippen LogP contribution in [-0.2, 0) is 11.2 Å². The number of ether oxygens (including phenoxy) is 2. The van der Waals surface area contributed by atoms with Gasteiger partial charge >= 0.3 is 0 Å². The first-order chi connectivity index (χ1) is 14.5. The van der Waals surface area contributed by atoms with Crippen LogP contribution >= 0.6 is 0 Å². The van der Waals surface area contributed by atoms with E-state index in [0.29, 0.717) is 29.4 Å². The molecule has 0 aliphatic heterocycles. The van der Waals surface area contributed by atoms with Crippen LogP contribution in [0.25, 0.3) is 6.08 Å². The molecule has 0 aromatic heterocycles. The maximum Gasteiger partial charge on any atom is 0.248 e. The minimum absolute atomic E-state index is 0.213. The van der Waals surface area contributed by atoms with E-state index < -0.39 is 0 Å². The van der Waals surface area contributed by atoms with Gasteiger partial charge in [-0.15, -0.1) is 0 Å². The van der Waals surface area contributed by atoms with E-state index >= 15 is 0 Å². The summed E-state index contributed by atoms with van der Waals surface area (Å²) in [5.74, 6) is 0.317. The third-order valence-corrected chi connectivity index (χ3v) is 4.35. The largest absolute Gasteiger partial charge is 0.504 e. The van der Waals surface area contributed by atoms with E-state index in [4.69, 9.17) is 9.47 Å². The summed E-state index contributed by atoms with van der Waals surface area (Å²) in [5, 5.41) is 21.6. The fourth-order valence-electron chi connectivity index (χ4n) is 2.79. The second kappa shape index (κ2) is 10.0. The first-order valence-electron chi connectivity index (χ1n) is 9.41. The normalized spacial score (nSPS) is 10.7. The summed E-state index contributed by atoms with van der Waals surface area (Å²) in [7, 11) is 1.54. The highest BCUT2D eigenvalue weighted by atomic mass is 16.5. The monoisotopic (exact) mass is 405 g/mol. The number of hydrogen-bond donors (Lipinski definition) is 3. The van der Waals surface area contributed by atoms with E-state index in [-0.39, 0.29) is 17.4 Å². The van der Waals surface area contributed by atoms with Crippen molar-refractivity contribution in [2.75, 3.05) is 19.0 Å². The molecule has 6 heteroatoms. The summed E-state index contributed by atoms with van der Waals surface area (Å²) in [5.41, 5.74) is 2.33. The first kappa shape index (κ1) is 20.8. The van der Waals surface area contributed by atoms with Crippen molar-refractivity contribution in [2.24, 2.45) is 0 Å². The van der Waals surface area contributed by atoms with Gasteiger partial charge in [0.25, 0.3) is 0 Å². The van der Waals surface area contributed by atoms with Crippen molar-refractivity contribution in [3.63, 3.8) is 0 Å². The average molecular weight is 405 g/mol. The highest BCUT2D eigenvalue weighted by Crippen LogP contribution is 2.30. The summed E-state index contributed by atoms with van der Waals surface area (Å²) < 4.78 is 11.2. The van der Waals surface area contributed by atoms with Crippen LogP contribution < -0.4 is 14.8 Å². The molecule has 6 nitrogen and oxygen atoms in total. The lowest BCUT2D eigenvalue weighted by Crippen LogP contribution is -2.08.